The number of ether oxygens (including phenoxy) is 1. The number of carbonyl (C=O) groups excluding carboxylic acids is 1. The lowest BCUT2D eigenvalue weighted by Crippen LogP contribution is -2.31. The SMILES string of the molecule is O=C(COc1ccccc1C(F)(F)F)NCCO. The number of rotatable bonds is 5. The summed E-state index contributed by atoms with van der Waals surface area (Å²) in [5.41, 5.74) is -0.931. The number of aliphatic hydroxyl groups excluding tert-OH is 1. The van der Waals surface area contributed by atoms with Gasteiger partial charge < -0.3 is 15.2 Å². The number of nitrogens with one attached hydrogen (secondary N) is 1. The maximum absolute atomic E-state index is 12.6. The minimum absolute atomic E-state index is 0.0309. The molecule has 0 spiro atoms. The van der Waals surface area contributed by atoms with Crippen LogP contribution >= 0.6 is 0 Å². The van der Waals surface area contributed by atoms with E-state index in [-0.39, 0.29) is 13.2 Å². The third-order valence-corrected chi connectivity index (χ3v) is 1.99. The second-order valence-corrected chi connectivity index (χ2v) is 3.36. The van der Waals surface area contributed by atoms with Crippen LogP contribution in [0.15, 0.2) is 24.3 Å². The predicted octanol–water partition coefficient (Wildman–Crippen LogP) is 1.19. The maximum atomic E-state index is 12.6. The van der Waals surface area contributed by atoms with Crippen LogP contribution in [0, 0.1) is 0 Å². The van der Waals surface area contributed by atoms with Gasteiger partial charge in [0.05, 0.1) is 12.2 Å². The molecule has 1 aromatic carbocycles. The molecule has 0 heterocycles. The van der Waals surface area contributed by atoms with E-state index in [1.165, 1.54) is 12.1 Å². The summed E-state index contributed by atoms with van der Waals surface area (Å²) in [4.78, 5) is 11.1. The van der Waals surface area contributed by atoms with E-state index in [0.29, 0.717) is 0 Å². The Bertz CT molecular complexity index is 407. The molecule has 1 amide bonds. The summed E-state index contributed by atoms with van der Waals surface area (Å²) in [7, 11) is 0. The molecule has 0 aliphatic rings. The number of aliphatic hydroxyl groups is 1. The zero-order chi connectivity index (χ0) is 13.6. The van der Waals surface area contributed by atoms with Gasteiger partial charge in [0.25, 0.3) is 5.91 Å². The van der Waals surface area contributed by atoms with Gasteiger partial charge in [-0.1, -0.05) is 12.1 Å². The van der Waals surface area contributed by atoms with Crippen molar-refractivity contribution in [1.29, 1.82) is 0 Å². The van der Waals surface area contributed by atoms with Crippen LogP contribution in [0.2, 0.25) is 0 Å². The molecule has 0 fully saturated rings. The van der Waals surface area contributed by atoms with Crippen molar-refractivity contribution in [3.05, 3.63) is 29.8 Å². The molecule has 4 nitrogen and oxygen atoms in total. The highest BCUT2D eigenvalue weighted by atomic mass is 19.4. The number of halogens is 3. The average Bonchev–Trinajstić information content (AvgIpc) is 2.33. The molecule has 1 aromatic rings. The van der Waals surface area contributed by atoms with E-state index in [0.717, 1.165) is 12.1 Å². The van der Waals surface area contributed by atoms with E-state index in [9.17, 15) is 18.0 Å². The third-order valence-electron chi connectivity index (χ3n) is 1.99. The Kier molecular flexibility index (Phi) is 4.96. The second kappa shape index (κ2) is 6.25. The molecule has 0 saturated carbocycles. The minimum atomic E-state index is -4.53. The highest BCUT2D eigenvalue weighted by Crippen LogP contribution is 2.35. The first-order valence-corrected chi connectivity index (χ1v) is 5.11. The van der Waals surface area contributed by atoms with E-state index >= 15 is 0 Å². The van der Waals surface area contributed by atoms with Crippen molar-refractivity contribution in [2.45, 2.75) is 6.18 Å². The Morgan fingerprint density at radius 2 is 2.00 bits per heavy atom. The summed E-state index contributed by atoms with van der Waals surface area (Å²) < 4.78 is 42.5. The molecular weight excluding hydrogens is 251 g/mol. The zero-order valence-corrected chi connectivity index (χ0v) is 9.33. The van der Waals surface area contributed by atoms with Crippen molar-refractivity contribution < 1.29 is 27.8 Å². The number of hydrogen-bond donors (Lipinski definition) is 2. The molecule has 1 rings (SSSR count). The van der Waals surface area contributed by atoms with E-state index in [2.05, 4.69) is 5.32 Å². The lowest BCUT2D eigenvalue weighted by molar-refractivity contribution is -0.139. The van der Waals surface area contributed by atoms with Crippen LogP contribution in [-0.4, -0.2) is 30.8 Å². The van der Waals surface area contributed by atoms with Gasteiger partial charge in [-0.05, 0) is 12.1 Å². The van der Waals surface area contributed by atoms with E-state index in [1.807, 2.05) is 0 Å². The van der Waals surface area contributed by atoms with E-state index in [4.69, 9.17) is 9.84 Å². The van der Waals surface area contributed by atoms with E-state index in [1.54, 1.807) is 0 Å². The van der Waals surface area contributed by atoms with Crippen LogP contribution in [0.1, 0.15) is 5.56 Å². The van der Waals surface area contributed by atoms with Gasteiger partial charge in [0.1, 0.15) is 5.75 Å². The number of amides is 1. The van der Waals surface area contributed by atoms with Crippen LogP contribution in [0.25, 0.3) is 0 Å². The summed E-state index contributed by atoms with van der Waals surface area (Å²) in [5.74, 6) is -0.995. The molecular formula is C11H12F3NO3. The first-order chi connectivity index (χ1) is 8.45. The number of para-hydroxylation sites is 1. The van der Waals surface area contributed by atoms with Gasteiger partial charge in [0, 0.05) is 6.54 Å². The lowest BCUT2D eigenvalue weighted by atomic mass is 10.2. The van der Waals surface area contributed by atoms with Crippen molar-refractivity contribution in [2.75, 3.05) is 19.8 Å². The smallest absolute Gasteiger partial charge is 0.419 e. The molecule has 0 aliphatic heterocycles. The second-order valence-electron chi connectivity index (χ2n) is 3.36. The van der Waals surface area contributed by atoms with Crippen LogP contribution in [0.5, 0.6) is 5.75 Å². The maximum Gasteiger partial charge on any atom is 0.419 e. The third kappa shape index (κ3) is 4.25. The van der Waals surface area contributed by atoms with Crippen LogP contribution in [0.4, 0.5) is 13.2 Å². The molecule has 0 bridgehead atoms. The number of hydrogen-bond acceptors (Lipinski definition) is 3. The predicted molar refractivity (Wildman–Crippen MR) is 57.0 cm³/mol. The largest absolute Gasteiger partial charge is 0.483 e. The molecule has 0 unspecified atom stereocenters. The summed E-state index contributed by atoms with van der Waals surface area (Å²) in [5, 5.41) is 10.7. The fourth-order valence-electron chi connectivity index (χ4n) is 1.22. The zero-order valence-electron chi connectivity index (χ0n) is 9.33. The normalized spacial score (nSPS) is 11.1. The lowest BCUT2D eigenvalue weighted by Gasteiger charge is -2.13. The highest BCUT2D eigenvalue weighted by Gasteiger charge is 2.34. The quantitative estimate of drug-likeness (QED) is 0.839. The molecule has 0 aromatic heterocycles. The number of carbonyl (C=O) groups is 1. The monoisotopic (exact) mass is 263 g/mol. The average molecular weight is 263 g/mol. The Morgan fingerprint density at radius 3 is 2.61 bits per heavy atom. The van der Waals surface area contributed by atoms with Crippen LogP contribution in [0.3, 0.4) is 0 Å². The fraction of sp³-hybridized carbons (Fsp3) is 0.364. The molecule has 2 N–H and O–H groups in total. The topological polar surface area (TPSA) is 58.6 Å². The van der Waals surface area contributed by atoms with Gasteiger partial charge in [-0.3, -0.25) is 4.79 Å². The molecule has 7 heteroatoms. The standard InChI is InChI=1S/C11H12F3NO3/c12-11(13,14)8-3-1-2-4-9(8)18-7-10(17)15-5-6-16/h1-4,16H,5-7H2,(H,15,17). The van der Waals surface area contributed by atoms with Crippen molar-refractivity contribution in [3.63, 3.8) is 0 Å². The highest BCUT2D eigenvalue weighted by molar-refractivity contribution is 5.77. The van der Waals surface area contributed by atoms with Gasteiger partial charge in [-0.15, -0.1) is 0 Å². The molecule has 0 saturated heterocycles. The van der Waals surface area contributed by atoms with Crippen molar-refractivity contribution >= 4 is 5.91 Å². The summed E-state index contributed by atoms with van der Waals surface area (Å²) >= 11 is 0. The first-order valence-electron chi connectivity index (χ1n) is 5.11. The Morgan fingerprint density at radius 1 is 1.33 bits per heavy atom. The Balaban J connectivity index is 2.65. The van der Waals surface area contributed by atoms with Gasteiger partial charge in [-0.25, -0.2) is 0 Å². The van der Waals surface area contributed by atoms with Crippen LogP contribution in [-0.2, 0) is 11.0 Å². The minimum Gasteiger partial charge on any atom is -0.483 e. The Hall–Kier alpha value is -1.76. The van der Waals surface area contributed by atoms with Gasteiger partial charge >= 0.3 is 6.18 Å². The molecule has 18 heavy (non-hydrogen) atoms. The molecule has 100 valence electrons. The Labute approximate surface area is 101 Å². The van der Waals surface area contributed by atoms with Crippen molar-refractivity contribution in [1.82, 2.24) is 5.32 Å². The molecule has 0 radical (unpaired) electrons. The molecule has 0 aliphatic carbocycles. The van der Waals surface area contributed by atoms with Gasteiger partial charge in [0.15, 0.2) is 6.61 Å². The fourth-order valence-corrected chi connectivity index (χ4v) is 1.22. The van der Waals surface area contributed by atoms with Gasteiger partial charge in [0.2, 0.25) is 0 Å². The van der Waals surface area contributed by atoms with Crippen molar-refractivity contribution in [2.24, 2.45) is 0 Å². The van der Waals surface area contributed by atoms with E-state index < -0.39 is 30.0 Å². The van der Waals surface area contributed by atoms with Gasteiger partial charge in [-0.2, -0.15) is 13.2 Å². The summed E-state index contributed by atoms with van der Waals surface area (Å²) in [6.07, 6.45) is -4.53. The number of benzene rings is 1. The number of alkyl halides is 3. The van der Waals surface area contributed by atoms with Crippen molar-refractivity contribution in [3.8, 4) is 5.75 Å². The summed E-state index contributed by atoms with van der Waals surface area (Å²) in [6.45, 7) is -0.749. The first kappa shape index (κ1) is 14.3. The molecule has 0 atom stereocenters. The summed E-state index contributed by atoms with van der Waals surface area (Å²) in [6, 6.07) is 4.64. The van der Waals surface area contributed by atoms with Crippen LogP contribution < -0.4 is 10.1 Å².